The van der Waals surface area contributed by atoms with Gasteiger partial charge in [-0.3, -0.25) is 14.9 Å². The van der Waals surface area contributed by atoms with Gasteiger partial charge in [-0.1, -0.05) is 19.3 Å². The van der Waals surface area contributed by atoms with E-state index in [2.05, 4.69) is 5.32 Å². The zero-order chi connectivity index (χ0) is 20.0. The van der Waals surface area contributed by atoms with Crippen molar-refractivity contribution in [3.05, 3.63) is 33.9 Å². The molecule has 1 aromatic carbocycles. The van der Waals surface area contributed by atoms with E-state index in [1.165, 1.54) is 18.6 Å². The van der Waals surface area contributed by atoms with E-state index < -0.39 is 17.0 Å². The Bertz CT molecular complexity index is 701. The molecular formula is C19H27N3O5. The maximum absolute atomic E-state index is 12.7. The molecule has 1 amide bonds. The fourth-order valence-corrected chi connectivity index (χ4v) is 3.52. The van der Waals surface area contributed by atoms with E-state index in [4.69, 9.17) is 4.74 Å². The maximum Gasteiger partial charge on any atom is 0.339 e. The average Bonchev–Trinajstić information content (AvgIpc) is 2.68. The largest absolute Gasteiger partial charge is 0.449 e. The zero-order valence-electron chi connectivity index (χ0n) is 16.1. The molecule has 0 heterocycles. The number of nitro benzene ring substituents is 1. The summed E-state index contributed by atoms with van der Waals surface area (Å²) in [5.41, 5.74) is 0.125. The molecule has 8 heteroatoms. The van der Waals surface area contributed by atoms with Gasteiger partial charge in [0.05, 0.1) is 10.5 Å². The second kappa shape index (κ2) is 9.34. The molecule has 1 atom stereocenters. The molecule has 0 unspecified atom stereocenters. The summed E-state index contributed by atoms with van der Waals surface area (Å²) < 4.78 is 5.31. The van der Waals surface area contributed by atoms with Crippen molar-refractivity contribution in [2.75, 3.05) is 18.9 Å². The summed E-state index contributed by atoms with van der Waals surface area (Å²) in [6.07, 6.45) is 4.39. The lowest BCUT2D eigenvalue weighted by molar-refractivity contribution is -0.384. The van der Waals surface area contributed by atoms with E-state index >= 15 is 0 Å². The van der Waals surface area contributed by atoms with Gasteiger partial charge in [0, 0.05) is 25.7 Å². The van der Waals surface area contributed by atoms with Crippen LogP contribution in [-0.4, -0.2) is 47.4 Å². The van der Waals surface area contributed by atoms with Crippen LogP contribution in [0.3, 0.4) is 0 Å². The standard InChI is InChI=1S/C19H27N3O5/c1-4-21(15-8-6-5-7-9-15)18(23)13(2)27-19(24)14-10-11-16(20-3)17(12-14)22(25)26/h10-13,15,20H,4-9H2,1-3H3/t13-/m1/s1. The highest BCUT2D eigenvalue weighted by Gasteiger charge is 2.30. The Kier molecular flexibility index (Phi) is 7.15. The molecule has 1 saturated carbocycles. The van der Waals surface area contributed by atoms with Crippen LogP contribution in [0.5, 0.6) is 0 Å². The van der Waals surface area contributed by atoms with Crippen molar-refractivity contribution in [2.45, 2.75) is 58.1 Å². The third-order valence-corrected chi connectivity index (χ3v) is 4.97. The lowest BCUT2D eigenvalue weighted by Gasteiger charge is -2.35. The smallest absolute Gasteiger partial charge is 0.339 e. The number of nitro groups is 1. The number of amides is 1. The Hall–Kier alpha value is -2.64. The first-order valence-corrected chi connectivity index (χ1v) is 9.36. The lowest BCUT2D eigenvalue weighted by Crippen LogP contribution is -2.46. The summed E-state index contributed by atoms with van der Waals surface area (Å²) in [6.45, 7) is 4.02. The second-order valence-electron chi connectivity index (χ2n) is 6.70. The van der Waals surface area contributed by atoms with Crippen molar-refractivity contribution < 1.29 is 19.2 Å². The number of hydrogen-bond acceptors (Lipinski definition) is 6. The summed E-state index contributed by atoms with van der Waals surface area (Å²) in [4.78, 5) is 37.5. The number of likely N-dealkylation sites (N-methyl/N-ethyl adjacent to an activating group) is 1. The molecule has 0 spiro atoms. The third-order valence-electron chi connectivity index (χ3n) is 4.97. The highest BCUT2D eigenvalue weighted by atomic mass is 16.6. The average molecular weight is 377 g/mol. The third kappa shape index (κ3) is 4.96. The predicted octanol–water partition coefficient (Wildman–Crippen LogP) is 3.36. The minimum absolute atomic E-state index is 0.0427. The van der Waals surface area contributed by atoms with Crippen LogP contribution in [0.15, 0.2) is 18.2 Å². The van der Waals surface area contributed by atoms with Crippen LogP contribution in [-0.2, 0) is 9.53 Å². The highest BCUT2D eigenvalue weighted by Crippen LogP contribution is 2.26. The summed E-state index contributed by atoms with van der Waals surface area (Å²) >= 11 is 0. The first kappa shape index (κ1) is 20.7. The quantitative estimate of drug-likeness (QED) is 0.444. The minimum Gasteiger partial charge on any atom is -0.449 e. The monoisotopic (exact) mass is 377 g/mol. The number of anilines is 1. The minimum atomic E-state index is -0.942. The number of benzene rings is 1. The molecule has 1 aliphatic rings. The molecular weight excluding hydrogens is 350 g/mol. The van der Waals surface area contributed by atoms with Crippen molar-refractivity contribution in [1.82, 2.24) is 4.90 Å². The molecule has 148 valence electrons. The second-order valence-corrected chi connectivity index (χ2v) is 6.70. The van der Waals surface area contributed by atoms with Crippen molar-refractivity contribution in [3.63, 3.8) is 0 Å². The van der Waals surface area contributed by atoms with E-state index in [1.54, 1.807) is 18.9 Å². The van der Waals surface area contributed by atoms with Crippen LogP contribution < -0.4 is 5.32 Å². The van der Waals surface area contributed by atoms with Crippen LogP contribution in [0.25, 0.3) is 0 Å². The maximum atomic E-state index is 12.7. The summed E-state index contributed by atoms with van der Waals surface area (Å²) in [7, 11) is 1.56. The summed E-state index contributed by atoms with van der Waals surface area (Å²) in [6, 6.07) is 4.23. The van der Waals surface area contributed by atoms with E-state index in [0.717, 1.165) is 31.7 Å². The van der Waals surface area contributed by atoms with E-state index in [-0.39, 0.29) is 23.2 Å². The van der Waals surface area contributed by atoms with Crippen molar-refractivity contribution in [3.8, 4) is 0 Å². The van der Waals surface area contributed by atoms with Crippen molar-refractivity contribution >= 4 is 23.3 Å². The summed E-state index contributed by atoms with van der Waals surface area (Å²) in [5.74, 6) is -0.972. The normalized spacial score (nSPS) is 15.7. The van der Waals surface area contributed by atoms with Gasteiger partial charge in [0.2, 0.25) is 0 Å². The van der Waals surface area contributed by atoms with Crippen molar-refractivity contribution in [2.24, 2.45) is 0 Å². The molecule has 2 rings (SSSR count). The van der Waals surface area contributed by atoms with Gasteiger partial charge in [0.1, 0.15) is 5.69 Å². The Balaban J connectivity index is 2.08. The van der Waals surface area contributed by atoms with Crippen LogP contribution in [0.4, 0.5) is 11.4 Å². The number of hydrogen-bond donors (Lipinski definition) is 1. The Labute approximate surface area is 159 Å². The molecule has 8 nitrogen and oxygen atoms in total. The molecule has 0 saturated heterocycles. The Morgan fingerprint density at radius 2 is 2.00 bits per heavy atom. The number of nitrogens with zero attached hydrogens (tertiary/aromatic N) is 2. The topological polar surface area (TPSA) is 102 Å². The molecule has 0 aromatic heterocycles. The zero-order valence-corrected chi connectivity index (χ0v) is 16.1. The fraction of sp³-hybridized carbons (Fsp3) is 0.579. The van der Waals surface area contributed by atoms with Gasteiger partial charge in [0.25, 0.3) is 11.6 Å². The molecule has 0 bridgehead atoms. The first-order chi connectivity index (χ1) is 12.9. The van der Waals surface area contributed by atoms with E-state index in [0.29, 0.717) is 12.2 Å². The van der Waals surface area contributed by atoms with Gasteiger partial charge in [-0.15, -0.1) is 0 Å². The predicted molar refractivity (Wildman–Crippen MR) is 102 cm³/mol. The summed E-state index contributed by atoms with van der Waals surface area (Å²) in [5, 5.41) is 13.8. The lowest BCUT2D eigenvalue weighted by atomic mass is 9.94. The Morgan fingerprint density at radius 1 is 1.33 bits per heavy atom. The number of carbonyl (C=O) groups excluding carboxylic acids is 2. The van der Waals surface area contributed by atoms with E-state index in [1.807, 2.05) is 6.92 Å². The van der Waals surface area contributed by atoms with Gasteiger partial charge >= 0.3 is 5.97 Å². The van der Waals surface area contributed by atoms with E-state index in [9.17, 15) is 19.7 Å². The SMILES string of the molecule is CCN(C(=O)[C@@H](C)OC(=O)c1ccc(NC)c([N+](=O)[O-])c1)C1CCCCC1. The van der Waals surface area contributed by atoms with Gasteiger partial charge in [-0.05, 0) is 38.8 Å². The number of esters is 1. The van der Waals surface area contributed by atoms with Crippen LogP contribution >= 0.6 is 0 Å². The molecule has 1 aromatic rings. The van der Waals surface area contributed by atoms with Gasteiger partial charge < -0.3 is 15.0 Å². The molecule has 1 N–H and O–H groups in total. The van der Waals surface area contributed by atoms with Crippen molar-refractivity contribution in [1.29, 1.82) is 0 Å². The number of nitrogens with one attached hydrogen (secondary N) is 1. The Morgan fingerprint density at radius 3 is 2.56 bits per heavy atom. The molecule has 0 aliphatic heterocycles. The fourth-order valence-electron chi connectivity index (χ4n) is 3.52. The molecule has 0 radical (unpaired) electrons. The molecule has 27 heavy (non-hydrogen) atoms. The number of carbonyl (C=O) groups is 2. The molecule has 1 fully saturated rings. The number of rotatable bonds is 7. The first-order valence-electron chi connectivity index (χ1n) is 9.36. The van der Waals surface area contributed by atoms with Crippen LogP contribution in [0.1, 0.15) is 56.3 Å². The molecule has 1 aliphatic carbocycles. The van der Waals surface area contributed by atoms with Gasteiger partial charge in [0.15, 0.2) is 6.10 Å². The highest BCUT2D eigenvalue weighted by molar-refractivity contribution is 5.93. The number of ether oxygens (including phenoxy) is 1. The van der Waals surface area contributed by atoms with Crippen LogP contribution in [0, 0.1) is 10.1 Å². The van der Waals surface area contributed by atoms with Gasteiger partial charge in [-0.2, -0.15) is 0 Å². The van der Waals surface area contributed by atoms with Gasteiger partial charge in [-0.25, -0.2) is 4.79 Å². The van der Waals surface area contributed by atoms with Crippen LogP contribution in [0.2, 0.25) is 0 Å².